The molecule has 0 bridgehead atoms. The Morgan fingerprint density at radius 2 is 2.25 bits per heavy atom. The van der Waals surface area contributed by atoms with Crippen LogP contribution in [0.25, 0.3) is 0 Å². The number of rotatable bonds is 4. The maximum Gasteiger partial charge on any atom is 0.387 e. The predicted octanol–water partition coefficient (Wildman–Crippen LogP) is 4.69. The second-order valence-electron chi connectivity index (χ2n) is 4.93. The number of hydrogen-bond donors (Lipinski definition) is 0. The van der Waals surface area contributed by atoms with E-state index in [1.54, 1.807) is 12.1 Å². The monoisotopic (exact) mass is 321 g/mol. The second-order valence-corrected chi connectivity index (χ2v) is 6.42. The quantitative estimate of drug-likeness (QED) is 0.806. The van der Waals surface area contributed by atoms with Gasteiger partial charge in [0.1, 0.15) is 16.4 Å². The SMILES string of the molecule is CC1(C)CC(SCc2ccc(Cl)cc2OC(F)F)=NO1. The molecule has 0 spiro atoms. The lowest BCUT2D eigenvalue weighted by molar-refractivity contribution is -0.0503. The highest BCUT2D eigenvalue weighted by atomic mass is 35.5. The normalized spacial score (nSPS) is 17.0. The van der Waals surface area contributed by atoms with E-state index in [1.807, 2.05) is 13.8 Å². The molecule has 0 saturated carbocycles. The molecule has 7 heteroatoms. The molecule has 3 nitrogen and oxygen atoms in total. The molecule has 0 N–H and O–H groups in total. The molecule has 0 aromatic heterocycles. The first-order valence-electron chi connectivity index (χ1n) is 5.97. The number of ether oxygens (including phenoxy) is 1. The lowest BCUT2D eigenvalue weighted by Crippen LogP contribution is -2.18. The Morgan fingerprint density at radius 3 is 2.85 bits per heavy atom. The smallest absolute Gasteiger partial charge is 0.387 e. The summed E-state index contributed by atoms with van der Waals surface area (Å²) in [5.74, 6) is 0.566. The molecule has 1 aliphatic rings. The highest BCUT2D eigenvalue weighted by Crippen LogP contribution is 2.32. The summed E-state index contributed by atoms with van der Waals surface area (Å²) in [4.78, 5) is 5.25. The van der Waals surface area contributed by atoms with Gasteiger partial charge < -0.3 is 9.57 Å². The minimum absolute atomic E-state index is 0.0961. The van der Waals surface area contributed by atoms with Crippen molar-refractivity contribution in [3.63, 3.8) is 0 Å². The molecule has 1 heterocycles. The number of benzene rings is 1. The van der Waals surface area contributed by atoms with E-state index in [1.165, 1.54) is 17.8 Å². The Hall–Kier alpha value is -1.01. The van der Waals surface area contributed by atoms with Crippen LogP contribution in [-0.4, -0.2) is 17.3 Å². The third-order valence-corrected chi connectivity index (χ3v) is 3.85. The van der Waals surface area contributed by atoms with E-state index in [2.05, 4.69) is 9.89 Å². The molecule has 0 amide bonds. The molecule has 1 aromatic carbocycles. The van der Waals surface area contributed by atoms with Gasteiger partial charge in [-0.15, -0.1) is 11.8 Å². The number of thioether (sulfide) groups is 1. The molecule has 0 radical (unpaired) electrons. The first-order valence-corrected chi connectivity index (χ1v) is 7.33. The Labute approximate surface area is 125 Å². The van der Waals surface area contributed by atoms with E-state index in [4.69, 9.17) is 16.4 Å². The summed E-state index contributed by atoms with van der Waals surface area (Å²) in [7, 11) is 0. The lowest BCUT2D eigenvalue weighted by atomic mass is 10.1. The van der Waals surface area contributed by atoms with Gasteiger partial charge in [0, 0.05) is 22.8 Å². The molecule has 2 rings (SSSR count). The zero-order chi connectivity index (χ0) is 14.8. The van der Waals surface area contributed by atoms with Gasteiger partial charge in [-0.05, 0) is 26.0 Å². The summed E-state index contributed by atoms with van der Waals surface area (Å²) in [6.45, 7) is 1.01. The fourth-order valence-corrected chi connectivity index (χ4v) is 2.96. The second kappa shape index (κ2) is 6.18. The van der Waals surface area contributed by atoms with E-state index in [0.29, 0.717) is 22.8 Å². The number of halogens is 3. The van der Waals surface area contributed by atoms with Crippen LogP contribution < -0.4 is 4.74 Å². The van der Waals surface area contributed by atoms with Gasteiger partial charge in [0.25, 0.3) is 0 Å². The van der Waals surface area contributed by atoms with Crippen molar-refractivity contribution in [3.05, 3.63) is 28.8 Å². The molecular formula is C13H14ClF2NO2S. The summed E-state index contributed by atoms with van der Waals surface area (Å²) in [6.07, 6.45) is 0.705. The van der Waals surface area contributed by atoms with Gasteiger partial charge >= 0.3 is 6.61 Å². The topological polar surface area (TPSA) is 30.8 Å². The molecule has 110 valence electrons. The summed E-state index contributed by atoms with van der Waals surface area (Å²) >= 11 is 7.23. The van der Waals surface area contributed by atoms with Crippen molar-refractivity contribution in [2.45, 2.75) is 38.2 Å². The zero-order valence-corrected chi connectivity index (χ0v) is 12.6. The van der Waals surface area contributed by atoms with Crippen molar-refractivity contribution in [1.29, 1.82) is 0 Å². The standard InChI is InChI=1S/C13H14ClF2NO2S/c1-13(2)6-11(17-19-13)20-7-8-3-4-9(14)5-10(8)18-12(15)16/h3-5,12H,6-7H2,1-2H3. The predicted molar refractivity (Wildman–Crippen MR) is 76.6 cm³/mol. The van der Waals surface area contributed by atoms with Gasteiger partial charge in [-0.2, -0.15) is 8.78 Å². The molecule has 0 fully saturated rings. The van der Waals surface area contributed by atoms with E-state index >= 15 is 0 Å². The average Bonchev–Trinajstić information content (AvgIpc) is 2.67. The summed E-state index contributed by atoms with van der Waals surface area (Å²) in [5.41, 5.74) is 0.345. The van der Waals surface area contributed by atoms with Crippen LogP contribution in [0.1, 0.15) is 25.8 Å². The minimum atomic E-state index is -2.87. The van der Waals surface area contributed by atoms with Crippen LogP contribution in [0.4, 0.5) is 8.78 Å². The first-order chi connectivity index (χ1) is 9.35. The minimum Gasteiger partial charge on any atom is -0.434 e. The largest absolute Gasteiger partial charge is 0.434 e. The van der Waals surface area contributed by atoms with Gasteiger partial charge in [-0.25, -0.2) is 0 Å². The Bertz CT molecular complexity index is 523. The maximum atomic E-state index is 12.4. The van der Waals surface area contributed by atoms with Crippen molar-refractivity contribution < 1.29 is 18.4 Å². The molecular weight excluding hydrogens is 308 g/mol. The van der Waals surface area contributed by atoms with Gasteiger partial charge in [-0.1, -0.05) is 22.8 Å². The van der Waals surface area contributed by atoms with Crippen LogP contribution in [-0.2, 0) is 10.6 Å². The van der Waals surface area contributed by atoms with E-state index < -0.39 is 6.61 Å². The average molecular weight is 322 g/mol. The van der Waals surface area contributed by atoms with Crippen LogP contribution in [0.5, 0.6) is 5.75 Å². The highest BCUT2D eigenvalue weighted by Gasteiger charge is 2.29. The van der Waals surface area contributed by atoms with E-state index in [-0.39, 0.29) is 11.4 Å². The van der Waals surface area contributed by atoms with Crippen molar-refractivity contribution in [3.8, 4) is 5.75 Å². The summed E-state index contributed by atoms with van der Waals surface area (Å²) < 4.78 is 29.2. The number of alkyl halides is 2. The Balaban J connectivity index is 2.02. The lowest BCUT2D eigenvalue weighted by Gasteiger charge is -2.13. The van der Waals surface area contributed by atoms with Crippen LogP contribution >= 0.6 is 23.4 Å². The summed E-state index contributed by atoms with van der Waals surface area (Å²) in [6, 6.07) is 4.71. The molecule has 1 aliphatic heterocycles. The van der Waals surface area contributed by atoms with Gasteiger partial charge in [0.05, 0.1) is 0 Å². The third-order valence-electron chi connectivity index (χ3n) is 2.61. The fourth-order valence-electron chi connectivity index (χ4n) is 1.69. The van der Waals surface area contributed by atoms with E-state index in [0.717, 1.165) is 5.04 Å². The van der Waals surface area contributed by atoms with E-state index in [9.17, 15) is 8.78 Å². The molecule has 0 saturated heterocycles. The van der Waals surface area contributed by atoms with Crippen molar-refractivity contribution in [1.82, 2.24) is 0 Å². The number of nitrogens with zero attached hydrogens (tertiary/aromatic N) is 1. The van der Waals surface area contributed by atoms with Crippen LogP contribution in [0.3, 0.4) is 0 Å². The molecule has 20 heavy (non-hydrogen) atoms. The van der Waals surface area contributed by atoms with Crippen molar-refractivity contribution in [2.75, 3.05) is 0 Å². The zero-order valence-electron chi connectivity index (χ0n) is 11.0. The van der Waals surface area contributed by atoms with Gasteiger partial charge in [0.15, 0.2) is 0 Å². The number of oxime groups is 1. The van der Waals surface area contributed by atoms with Crippen LogP contribution in [0.15, 0.2) is 23.4 Å². The number of hydrogen-bond acceptors (Lipinski definition) is 4. The van der Waals surface area contributed by atoms with Crippen molar-refractivity contribution in [2.24, 2.45) is 5.16 Å². The fraction of sp³-hybridized carbons (Fsp3) is 0.462. The van der Waals surface area contributed by atoms with Crippen LogP contribution in [0.2, 0.25) is 5.02 Å². The molecule has 0 unspecified atom stereocenters. The molecule has 1 aromatic rings. The highest BCUT2D eigenvalue weighted by molar-refractivity contribution is 8.13. The first kappa shape index (κ1) is 15.4. The third kappa shape index (κ3) is 4.24. The van der Waals surface area contributed by atoms with Gasteiger partial charge in [-0.3, -0.25) is 0 Å². The molecule has 0 atom stereocenters. The Kier molecular flexibility index (Phi) is 4.75. The maximum absolute atomic E-state index is 12.4. The summed E-state index contributed by atoms with van der Waals surface area (Å²) in [5, 5.41) is 5.18. The van der Waals surface area contributed by atoms with Crippen molar-refractivity contribution >= 4 is 28.4 Å². The molecule has 0 aliphatic carbocycles. The Morgan fingerprint density at radius 1 is 1.50 bits per heavy atom. The van der Waals surface area contributed by atoms with Crippen LogP contribution in [0, 0.1) is 0 Å². The van der Waals surface area contributed by atoms with Gasteiger partial charge in [0.2, 0.25) is 0 Å².